The Bertz CT molecular complexity index is 1050. The fraction of sp³-hybridized carbons (Fsp3) is 0.0625. The summed E-state index contributed by atoms with van der Waals surface area (Å²) in [5, 5.41) is 4.29. The first-order valence-corrected chi connectivity index (χ1v) is 9.31. The summed E-state index contributed by atoms with van der Waals surface area (Å²) < 4.78 is 56.1. The number of nitrogens with zero attached hydrogens (tertiary/aromatic N) is 2. The summed E-state index contributed by atoms with van der Waals surface area (Å²) in [6.07, 6.45) is 1.76. The number of benzene rings is 2. The van der Waals surface area contributed by atoms with E-state index in [-0.39, 0.29) is 5.69 Å². The summed E-state index contributed by atoms with van der Waals surface area (Å²) in [6, 6.07) is 8.81. The van der Waals surface area contributed by atoms with E-state index in [0.29, 0.717) is 17.3 Å². The Balaban J connectivity index is 1.95. The molecule has 0 saturated carbocycles. The van der Waals surface area contributed by atoms with Crippen molar-refractivity contribution in [2.75, 3.05) is 4.72 Å². The highest BCUT2D eigenvalue weighted by Crippen LogP contribution is 2.29. The van der Waals surface area contributed by atoms with Crippen molar-refractivity contribution in [1.82, 2.24) is 9.78 Å². The van der Waals surface area contributed by atoms with Gasteiger partial charge in [-0.25, -0.2) is 17.2 Å². The Morgan fingerprint density at radius 1 is 1.16 bits per heavy atom. The molecule has 0 amide bonds. The van der Waals surface area contributed by atoms with Crippen LogP contribution in [0, 0.1) is 11.6 Å². The quantitative estimate of drug-likeness (QED) is 0.685. The zero-order chi connectivity index (χ0) is 18.2. The van der Waals surface area contributed by atoms with E-state index in [1.807, 2.05) is 0 Å². The van der Waals surface area contributed by atoms with Gasteiger partial charge < -0.3 is 0 Å². The first kappa shape index (κ1) is 17.6. The van der Waals surface area contributed by atoms with Crippen LogP contribution in [0.3, 0.4) is 0 Å². The molecule has 1 heterocycles. The Hall–Kier alpha value is -2.26. The molecule has 0 spiro atoms. The summed E-state index contributed by atoms with van der Waals surface area (Å²) in [4.78, 5) is -0.627. The molecule has 0 aliphatic heterocycles. The van der Waals surface area contributed by atoms with E-state index >= 15 is 0 Å². The van der Waals surface area contributed by atoms with Crippen molar-refractivity contribution in [3.8, 4) is 11.3 Å². The lowest BCUT2D eigenvalue weighted by atomic mass is 10.1. The van der Waals surface area contributed by atoms with Gasteiger partial charge in [0.15, 0.2) is 0 Å². The maximum Gasteiger partial charge on any atom is 0.264 e. The minimum absolute atomic E-state index is 0.235. The molecule has 3 aromatic rings. The molecule has 0 aliphatic rings. The van der Waals surface area contributed by atoms with Crippen LogP contribution in [0.2, 0.25) is 0 Å². The van der Waals surface area contributed by atoms with Gasteiger partial charge in [-0.3, -0.25) is 9.40 Å². The molecule has 0 fully saturated rings. The average Bonchev–Trinajstić information content (AvgIpc) is 2.85. The molecule has 130 valence electrons. The van der Waals surface area contributed by atoms with Crippen LogP contribution in [-0.2, 0) is 17.1 Å². The van der Waals surface area contributed by atoms with Gasteiger partial charge in [-0.05, 0) is 40.2 Å². The first-order chi connectivity index (χ1) is 11.8. The summed E-state index contributed by atoms with van der Waals surface area (Å²) in [7, 11) is -2.43. The number of hydrogen-bond donors (Lipinski definition) is 1. The summed E-state index contributed by atoms with van der Waals surface area (Å²) in [6.45, 7) is 0. The van der Waals surface area contributed by atoms with E-state index in [4.69, 9.17) is 0 Å². The highest BCUT2D eigenvalue weighted by molar-refractivity contribution is 9.10. The standard InChI is InChI=1S/C16H12BrF2N3O2S/c1-22-9-13(17)16(20-22)10-3-2-4-12(7-10)21-25(23,24)15-6-5-11(18)8-14(15)19/h2-9,21H,1H3. The molecule has 0 unspecified atom stereocenters. The molecule has 25 heavy (non-hydrogen) atoms. The molecular weight excluding hydrogens is 416 g/mol. The topological polar surface area (TPSA) is 64.0 Å². The molecule has 0 bridgehead atoms. The van der Waals surface area contributed by atoms with E-state index < -0.39 is 26.6 Å². The normalized spacial score (nSPS) is 11.5. The van der Waals surface area contributed by atoms with E-state index in [9.17, 15) is 17.2 Å². The molecule has 0 aliphatic carbocycles. The van der Waals surface area contributed by atoms with Crippen LogP contribution in [0.15, 0.2) is 58.0 Å². The third-order valence-electron chi connectivity index (χ3n) is 3.36. The number of halogens is 3. The number of anilines is 1. The molecule has 9 heteroatoms. The van der Waals surface area contributed by atoms with Crippen molar-refractivity contribution in [2.24, 2.45) is 7.05 Å². The fourth-order valence-electron chi connectivity index (χ4n) is 2.29. The maximum absolute atomic E-state index is 13.8. The Morgan fingerprint density at radius 2 is 1.92 bits per heavy atom. The minimum atomic E-state index is -4.19. The van der Waals surface area contributed by atoms with Gasteiger partial charge in [-0.15, -0.1) is 0 Å². The first-order valence-electron chi connectivity index (χ1n) is 7.04. The van der Waals surface area contributed by atoms with E-state index in [2.05, 4.69) is 25.8 Å². The number of hydrogen-bond acceptors (Lipinski definition) is 3. The van der Waals surface area contributed by atoms with Crippen LogP contribution >= 0.6 is 15.9 Å². The van der Waals surface area contributed by atoms with Crippen LogP contribution in [-0.4, -0.2) is 18.2 Å². The lowest BCUT2D eigenvalue weighted by Gasteiger charge is -2.10. The van der Waals surface area contributed by atoms with Gasteiger partial charge >= 0.3 is 0 Å². The molecule has 0 atom stereocenters. The van der Waals surface area contributed by atoms with Gasteiger partial charge in [-0.2, -0.15) is 5.10 Å². The van der Waals surface area contributed by atoms with Gasteiger partial charge in [0.25, 0.3) is 10.0 Å². The van der Waals surface area contributed by atoms with Crippen molar-refractivity contribution < 1.29 is 17.2 Å². The molecule has 5 nitrogen and oxygen atoms in total. The number of aryl methyl sites for hydroxylation is 1. The second-order valence-electron chi connectivity index (χ2n) is 5.26. The van der Waals surface area contributed by atoms with Gasteiger partial charge in [0.05, 0.1) is 4.47 Å². The molecule has 0 radical (unpaired) electrons. The fourth-order valence-corrected chi connectivity index (χ4v) is 4.00. The van der Waals surface area contributed by atoms with Crippen molar-refractivity contribution in [3.05, 3.63) is 64.8 Å². The van der Waals surface area contributed by atoms with E-state index in [0.717, 1.165) is 16.6 Å². The largest absolute Gasteiger partial charge is 0.280 e. The zero-order valence-corrected chi connectivity index (χ0v) is 15.3. The van der Waals surface area contributed by atoms with Crippen LogP contribution in [0.5, 0.6) is 0 Å². The highest BCUT2D eigenvalue weighted by Gasteiger charge is 2.20. The summed E-state index contributed by atoms with van der Waals surface area (Å²) >= 11 is 3.39. The summed E-state index contributed by atoms with van der Waals surface area (Å²) in [5.41, 5.74) is 1.54. The second-order valence-corrected chi connectivity index (χ2v) is 7.77. The van der Waals surface area contributed by atoms with Gasteiger partial charge in [0, 0.05) is 30.6 Å². The average molecular weight is 428 g/mol. The lowest BCUT2D eigenvalue weighted by molar-refractivity contribution is 0.551. The molecule has 0 saturated heterocycles. The summed E-state index contributed by atoms with van der Waals surface area (Å²) in [5.74, 6) is -2.01. The molecular formula is C16H12BrF2N3O2S. The number of aromatic nitrogens is 2. The molecule has 2 aromatic carbocycles. The number of sulfonamides is 1. The predicted molar refractivity (Wildman–Crippen MR) is 93.5 cm³/mol. The van der Waals surface area contributed by atoms with Crippen LogP contribution in [0.4, 0.5) is 14.5 Å². The number of rotatable bonds is 4. The Morgan fingerprint density at radius 3 is 2.56 bits per heavy atom. The second kappa shape index (κ2) is 6.57. The smallest absolute Gasteiger partial charge is 0.264 e. The number of nitrogens with one attached hydrogen (secondary N) is 1. The van der Waals surface area contributed by atoms with Crippen molar-refractivity contribution in [2.45, 2.75) is 4.90 Å². The minimum Gasteiger partial charge on any atom is -0.280 e. The van der Waals surface area contributed by atoms with Gasteiger partial charge in [0.2, 0.25) is 0 Å². The monoisotopic (exact) mass is 427 g/mol. The van der Waals surface area contributed by atoms with Gasteiger partial charge in [0.1, 0.15) is 22.2 Å². The lowest BCUT2D eigenvalue weighted by Crippen LogP contribution is -2.14. The molecule has 1 N–H and O–H groups in total. The third kappa shape index (κ3) is 3.72. The maximum atomic E-state index is 13.8. The highest BCUT2D eigenvalue weighted by atomic mass is 79.9. The Labute approximate surface area is 151 Å². The van der Waals surface area contributed by atoms with Crippen molar-refractivity contribution in [1.29, 1.82) is 0 Å². The van der Waals surface area contributed by atoms with Gasteiger partial charge in [-0.1, -0.05) is 12.1 Å². The zero-order valence-electron chi connectivity index (χ0n) is 12.9. The molecule has 1 aromatic heterocycles. The van der Waals surface area contributed by atoms with Crippen molar-refractivity contribution in [3.63, 3.8) is 0 Å². The SMILES string of the molecule is Cn1cc(Br)c(-c2cccc(NS(=O)(=O)c3ccc(F)cc3F)c2)n1. The molecule has 3 rings (SSSR count). The predicted octanol–water partition coefficient (Wildman–Crippen LogP) is 3.93. The third-order valence-corrected chi connectivity index (χ3v) is 5.35. The van der Waals surface area contributed by atoms with Crippen molar-refractivity contribution >= 4 is 31.6 Å². The van der Waals surface area contributed by atoms with E-state index in [1.54, 1.807) is 36.1 Å². The van der Waals surface area contributed by atoms with Crippen LogP contribution < -0.4 is 4.72 Å². The Kier molecular flexibility index (Phi) is 4.61. The van der Waals surface area contributed by atoms with E-state index in [1.165, 1.54) is 6.07 Å². The van der Waals surface area contributed by atoms with Crippen LogP contribution in [0.25, 0.3) is 11.3 Å². The van der Waals surface area contributed by atoms with Crippen LogP contribution in [0.1, 0.15) is 0 Å².